The monoisotopic (exact) mass is 170 g/mol. The van der Waals surface area contributed by atoms with E-state index in [1.165, 1.54) is 0 Å². The van der Waals surface area contributed by atoms with Gasteiger partial charge in [0, 0.05) is 5.54 Å². The van der Waals surface area contributed by atoms with Crippen LogP contribution in [-0.4, -0.2) is 18.0 Å². The zero-order chi connectivity index (χ0) is 9.35. The number of hydrogen-bond acceptors (Lipinski definition) is 2. The summed E-state index contributed by atoms with van der Waals surface area (Å²) in [4.78, 5) is 11.1. The van der Waals surface area contributed by atoms with Crippen LogP contribution >= 0.6 is 0 Å². The van der Waals surface area contributed by atoms with E-state index in [9.17, 15) is 4.79 Å². The third-order valence-electron chi connectivity index (χ3n) is 3.21. The quantitative estimate of drug-likeness (QED) is 0.634. The summed E-state index contributed by atoms with van der Waals surface area (Å²) in [5.74, 6) is 0.270. The Kier molecular flexibility index (Phi) is 2.42. The van der Waals surface area contributed by atoms with Gasteiger partial charge < -0.3 is 11.1 Å². The number of nitrogens with two attached hydrogens (primary N) is 1. The Bertz CT molecular complexity index is 191. The molecule has 1 fully saturated rings. The smallest absolute Gasteiger partial charge is 0.222 e. The average molecular weight is 170 g/mol. The Balaban J connectivity index is 2.81. The van der Waals surface area contributed by atoms with E-state index in [2.05, 4.69) is 26.1 Å². The van der Waals surface area contributed by atoms with Gasteiger partial charge in [-0.1, -0.05) is 13.8 Å². The molecule has 0 aromatic carbocycles. The van der Waals surface area contributed by atoms with Crippen LogP contribution in [0.1, 0.15) is 27.2 Å². The molecular formula is C9H18N2O. The van der Waals surface area contributed by atoms with Crippen LogP contribution in [-0.2, 0) is 4.79 Å². The van der Waals surface area contributed by atoms with Crippen LogP contribution in [0.4, 0.5) is 0 Å². The molecule has 1 saturated heterocycles. The summed E-state index contributed by atoms with van der Waals surface area (Å²) in [6.07, 6.45) is 0.879. The number of hydrogen-bond donors (Lipinski definition) is 2. The highest BCUT2D eigenvalue weighted by molar-refractivity contribution is 5.78. The number of nitrogens with one attached hydrogen (secondary N) is 1. The Labute approximate surface area is 73.7 Å². The van der Waals surface area contributed by atoms with Crippen LogP contribution in [0.2, 0.25) is 0 Å². The van der Waals surface area contributed by atoms with E-state index in [4.69, 9.17) is 5.73 Å². The lowest BCUT2D eigenvalue weighted by Gasteiger charge is -2.34. The molecular weight excluding hydrogens is 152 g/mol. The van der Waals surface area contributed by atoms with Crippen molar-refractivity contribution in [2.24, 2.45) is 17.6 Å². The molecule has 3 nitrogen and oxygen atoms in total. The van der Waals surface area contributed by atoms with Gasteiger partial charge in [-0.05, 0) is 25.8 Å². The molecule has 1 heterocycles. The minimum absolute atomic E-state index is 0.00231. The van der Waals surface area contributed by atoms with Crippen molar-refractivity contribution in [3.63, 3.8) is 0 Å². The summed E-state index contributed by atoms with van der Waals surface area (Å²) in [6, 6.07) is 0. The fourth-order valence-corrected chi connectivity index (χ4v) is 1.95. The Hall–Kier alpha value is -0.570. The first-order valence-corrected chi connectivity index (χ1v) is 4.53. The van der Waals surface area contributed by atoms with Crippen LogP contribution in [0.5, 0.6) is 0 Å². The summed E-state index contributed by atoms with van der Waals surface area (Å²) >= 11 is 0. The summed E-state index contributed by atoms with van der Waals surface area (Å²) in [5, 5.41) is 3.36. The highest BCUT2D eigenvalue weighted by Crippen LogP contribution is 2.32. The molecule has 0 aromatic heterocycles. The van der Waals surface area contributed by atoms with Gasteiger partial charge in [-0.3, -0.25) is 4.79 Å². The lowest BCUT2D eigenvalue weighted by atomic mass is 9.78. The van der Waals surface area contributed by atoms with Crippen molar-refractivity contribution < 1.29 is 4.79 Å². The van der Waals surface area contributed by atoms with Crippen LogP contribution in [0, 0.1) is 11.8 Å². The predicted octanol–water partition coefficient (Wildman–Crippen LogP) is 0.496. The van der Waals surface area contributed by atoms with Crippen molar-refractivity contribution in [1.29, 1.82) is 0 Å². The second-order valence-corrected chi connectivity index (χ2v) is 4.11. The van der Waals surface area contributed by atoms with Gasteiger partial charge in [0.15, 0.2) is 0 Å². The maximum Gasteiger partial charge on any atom is 0.222 e. The van der Waals surface area contributed by atoms with E-state index < -0.39 is 0 Å². The molecule has 3 heteroatoms. The number of carbonyl (C=O) groups is 1. The minimum atomic E-state index is -0.170. The molecule has 2 unspecified atom stereocenters. The Morgan fingerprint density at radius 3 is 2.58 bits per heavy atom. The molecule has 0 aromatic rings. The van der Waals surface area contributed by atoms with E-state index in [1.807, 2.05) is 0 Å². The summed E-state index contributed by atoms with van der Waals surface area (Å²) in [5.41, 5.74) is 5.24. The van der Waals surface area contributed by atoms with Gasteiger partial charge in [0.1, 0.15) is 0 Å². The van der Waals surface area contributed by atoms with Crippen molar-refractivity contribution >= 4 is 5.91 Å². The molecule has 0 spiro atoms. The second kappa shape index (κ2) is 3.05. The van der Waals surface area contributed by atoms with E-state index in [0.29, 0.717) is 5.92 Å². The molecule has 0 aliphatic carbocycles. The fourth-order valence-electron chi connectivity index (χ4n) is 1.95. The highest BCUT2D eigenvalue weighted by Gasteiger charge is 2.43. The van der Waals surface area contributed by atoms with Gasteiger partial charge in [0.2, 0.25) is 5.91 Å². The molecule has 2 atom stereocenters. The number of amides is 1. The molecule has 70 valence electrons. The molecule has 12 heavy (non-hydrogen) atoms. The number of rotatable bonds is 2. The lowest BCUT2D eigenvalue weighted by molar-refractivity contribution is -0.123. The SMILES string of the molecule is CC(C)C1(C)NCCC1C(N)=O. The van der Waals surface area contributed by atoms with Crippen molar-refractivity contribution in [3.8, 4) is 0 Å². The molecule has 1 amide bonds. The number of primary amides is 1. The van der Waals surface area contributed by atoms with Gasteiger partial charge in [-0.2, -0.15) is 0 Å². The molecule has 1 rings (SSSR count). The summed E-state index contributed by atoms with van der Waals surface area (Å²) < 4.78 is 0. The van der Waals surface area contributed by atoms with Gasteiger partial charge >= 0.3 is 0 Å². The van der Waals surface area contributed by atoms with E-state index in [1.54, 1.807) is 0 Å². The van der Waals surface area contributed by atoms with Crippen molar-refractivity contribution in [1.82, 2.24) is 5.32 Å². The molecule has 0 saturated carbocycles. The number of carbonyl (C=O) groups excluding carboxylic acids is 1. The van der Waals surface area contributed by atoms with Gasteiger partial charge in [0.05, 0.1) is 5.92 Å². The Morgan fingerprint density at radius 1 is 1.67 bits per heavy atom. The summed E-state index contributed by atoms with van der Waals surface area (Å²) in [6.45, 7) is 7.23. The van der Waals surface area contributed by atoms with E-state index in [-0.39, 0.29) is 17.4 Å². The van der Waals surface area contributed by atoms with Crippen molar-refractivity contribution in [3.05, 3.63) is 0 Å². The first kappa shape index (κ1) is 9.52. The molecule has 3 N–H and O–H groups in total. The maximum atomic E-state index is 11.1. The molecule has 0 bridgehead atoms. The highest BCUT2D eigenvalue weighted by atomic mass is 16.1. The Morgan fingerprint density at radius 2 is 2.25 bits per heavy atom. The molecule has 1 aliphatic rings. The molecule has 0 radical (unpaired) electrons. The standard InChI is InChI=1S/C9H18N2O/c1-6(2)9(3)7(8(10)12)4-5-11-9/h6-7,11H,4-5H2,1-3H3,(H2,10,12). The third kappa shape index (κ3) is 1.33. The topological polar surface area (TPSA) is 55.1 Å². The van der Waals surface area contributed by atoms with Crippen molar-refractivity contribution in [2.75, 3.05) is 6.54 Å². The van der Waals surface area contributed by atoms with E-state index >= 15 is 0 Å². The fraction of sp³-hybridized carbons (Fsp3) is 0.889. The van der Waals surface area contributed by atoms with Crippen LogP contribution in [0.3, 0.4) is 0 Å². The zero-order valence-electron chi connectivity index (χ0n) is 8.05. The van der Waals surface area contributed by atoms with Crippen molar-refractivity contribution in [2.45, 2.75) is 32.7 Å². The zero-order valence-corrected chi connectivity index (χ0v) is 8.05. The maximum absolute atomic E-state index is 11.1. The van der Waals surface area contributed by atoms with Gasteiger partial charge in [-0.15, -0.1) is 0 Å². The third-order valence-corrected chi connectivity index (χ3v) is 3.21. The van der Waals surface area contributed by atoms with Crippen LogP contribution in [0.15, 0.2) is 0 Å². The van der Waals surface area contributed by atoms with Crippen LogP contribution < -0.4 is 11.1 Å². The first-order valence-electron chi connectivity index (χ1n) is 4.53. The lowest BCUT2D eigenvalue weighted by Crippen LogP contribution is -2.50. The second-order valence-electron chi connectivity index (χ2n) is 4.11. The average Bonchev–Trinajstić information content (AvgIpc) is 2.32. The minimum Gasteiger partial charge on any atom is -0.369 e. The summed E-state index contributed by atoms with van der Waals surface area (Å²) in [7, 11) is 0. The van der Waals surface area contributed by atoms with Gasteiger partial charge in [0.25, 0.3) is 0 Å². The normalized spacial score (nSPS) is 35.8. The van der Waals surface area contributed by atoms with Crippen LogP contribution in [0.25, 0.3) is 0 Å². The molecule has 1 aliphatic heterocycles. The van der Waals surface area contributed by atoms with E-state index in [0.717, 1.165) is 13.0 Å². The first-order chi connectivity index (χ1) is 5.48. The van der Waals surface area contributed by atoms with Gasteiger partial charge in [-0.25, -0.2) is 0 Å². The predicted molar refractivity (Wildman–Crippen MR) is 48.5 cm³/mol. The largest absolute Gasteiger partial charge is 0.369 e.